The number of nitrogens with zero attached hydrogens (tertiary/aromatic N) is 3. The molecule has 0 bridgehead atoms. The van der Waals surface area contributed by atoms with E-state index in [9.17, 15) is 13.4 Å². The van der Waals surface area contributed by atoms with E-state index in [0.717, 1.165) is 71.6 Å². The Labute approximate surface area is 180 Å². The number of hydrogen-bond donors (Lipinski definition) is 2. The summed E-state index contributed by atoms with van der Waals surface area (Å²) in [5, 5.41) is 8.65. The number of thiophene rings is 1. The molecule has 0 saturated heterocycles. The zero-order valence-corrected chi connectivity index (χ0v) is 19.0. The van der Waals surface area contributed by atoms with Crippen molar-refractivity contribution >= 4 is 33.0 Å². The minimum Gasteiger partial charge on any atom is -0.305 e. The fraction of sp³-hybridized carbons (Fsp3) is 0.500. The number of aryl methyl sites for hydroxylation is 1. The van der Waals surface area contributed by atoms with Crippen molar-refractivity contribution in [3.05, 3.63) is 39.3 Å². The molecule has 0 fully saturated rings. The maximum atomic E-state index is 14.4. The lowest BCUT2D eigenvalue weighted by Gasteiger charge is -2.15. The van der Waals surface area contributed by atoms with Crippen LogP contribution in [0.3, 0.4) is 0 Å². The Hall–Kier alpha value is -1.88. The standard InChI is InChI=1S/C20H26FN5O2S2/c1-11-7-8-14-17(11)23-16-6-4-5-13(16)18(14)24-20(27)25-30(22,28)19-15(21)9-12(29-19)10-26(2)3/h9,11H,4-8,10H2,1-3H3,(H3,22,23,24,25,27,28)/t11-,30+/m1/s1. The number of carbonyl (C=O) groups excluding carboxylic acids is 1. The van der Waals surface area contributed by atoms with Gasteiger partial charge in [0.05, 0.1) is 5.69 Å². The number of rotatable bonds is 4. The number of amides is 2. The van der Waals surface area contributed by atoms with Gasteiger partial charge in [-0.3, -0.25) is 4.98 Å². The van der Waals surface area contributed by atoms with Gasteiger partial charge in [-0.25, -0.2) is 18.5 Å². The van der Waals surface area contributed by atoms with E-state index in [0.29, 0.717) is 17.3 Å². The lowest BCUT2D eigenvalue weighted by atomic mass is 10.0. The number of nitrogens with one attached hydrogen (secondary N) is 1. The highest BCUT2D eigenvalue weighted by Crippen LogP contribution is 2.41. The fourth-order valence-corrected chi connectivity index (χ4v) is 6.74. The first-order valence-corrected chi connectivity index (χ1v) is 12.4. The van der Waals surface area contributed by atoms with Crippen LogP contribution in [0.2, 0.25) is 0 Å². The lowest BCUT2D eigenvalue weighted by molar-refractivity contribution is 0.260. The average Bonchev–Trinajstić information content (AvgIpc) is 3.34. The first kappa shape index (κ1) is 21.4. The third-order valence-corrected chi connectivity index (χ3v) is 8.56. The SMILES string of the molecule is C[C@@H]1CCc2c1nc1c(c2NC(=O)N=[S@](N)(=O)c2sc(CN(C)C)cc2F)CCC1. The van der Waals surface area contributed by atoms with Crippen LogP contribution in [0.25, 0.3) is 0 Å². The smallest absolute Gasteiger partial charge is 0.305 e. The van der Waals surface area contributed by atoms with Gasteiger partial charge in [0.2, 0.25) is 0 Å². The molecule has 2 amide bonds. The number of anilines is 1. The van der Waals surface area contributed by atoms with Crippen LogP contribution in [0.1, 0.15) is 53.1 Å². The van der Waals surface area contributed by atoms with E-state index in [1.165, 1.54) is 6.07 Å². The van der Waals surface area contributed by atoms with Gasteiger partial charge in [-0.1, -0.05) is 6.92 Å². The number of pyridine rings is 1. The molecule has 10 heteroatoms. The van der Waals surface area contributed by atoms with Crippen molar-refractivity contribution < 1.29 is 13.4 Å². The van der Waals surface area contributed by atoms with Gasteiger partial charge in [0.1, 0.15) is 0 Å². The molecule has 0 spiro atoms. The second-order valence-electron chi connectivity index (χ2n) is 8.25. The van der Waals surface area contributed by atoms with Crippen molar-refractivity contribution in [3.63, 3.8) is 0 Å². The first-order valence-electron chi connectivity index (χ1n) is 9.99. The Balaban J connectivity index is 1.66. The number of urea groups is 1. The number of fused-ring (bicyclic) bond motifs is 2. The molecule has 0 radical (unpaired) electrons. The van der Waals surface area contributed by atoms with Crippen molar-refractivity contribution in [1.82, 2.24) is 9.88 Å². The largest absolute Gasteiger partial charge is 0.354 e. The quantitative estimate of drug-likeness (QED) is 0.738. The maximum absolute atomic E-state index is 14.4. The van der Waals surface area contributed by atoms with Crippen LogP contribution in [0.5, 0.6) is 0 Å². The molecule has 2 atom stereocenters. The number of hydrogen-bond acceptors (Lipinski definition) is 5. The molecule has 0 saturated carbocycles. The van der Waals surface area contributed by atoms with Crippen LogP contribution in [0.15, 0.2) is 14.6 Å². The molecule has 2 aromatic rings. The van der Waals surface area contributed by atoms with E-state index in [1.54, 1.807) is 0 Å². The Morgan fingerprint density at radius 1 is 1.40 bits per heavy atom. The van der Waals surface area contributed by atoms with E-state index in [-0.39, 0.29) is 4.21 Å². The zero-order chi connectivity index (χ0) is 21.6. The average molecular weight is 452 g/mol. The van der Waals surface area contributed by atoms with Crippen molar-refractivity contribution in [1.29, 1.82) is 0 Å². The summed E-state index contributed by atoms with van der Waals surface area (Å²) in [6.45, 7) is 2.62. The highest BCUT2D eigenvalue weighted by Gasteiger charge is 2.30. The van der Waals surface area contributed by atoms with Gasteiger partial charge in [-0.05, 0) is 69.3 Å². The predicted octanol–water partition coefficient (Wildman–Crippen LogP) is 3.81. The Morgan fingerprint density at radius 2 is 2.17 bits per heavy atom. The van der Waals surface area contributed by atoms with Crippen LogP contribution >= 0.6 is 11.3 Å². The molecule has 0 unspecified atom stereocenters. The fourth-order valence-electron chi connectivity index (χ4n) is 4.23. The van der Waals surface area contributed by atoms with E-state index < -0.39 is 21.8 Å². The molecule has 2 aliphatic rings. The zero-order valence-electron chi connectivity index (χ0n) is 17.3. The molecule has 7 nitrogen and oxygen atoms in total. The molecule has 0 aromatic carbocycles. The molecule has 2 aliphatic carbocycles. The van der Waals surface area contributed by atoms with Crippen molar-refractivity contribution in [3.8, 4) is 0 Å². The summed E-state index contributed by atoms with van der Waals surface area (Å²) >= 11 is 0.983. The predicted molar refractivity (Wildman–Crippen MR) is 117 cm³/mol. The summed E-state index contributed by atoms with van der Waals surface area (Å²) in [6, 6.07) is 0.482. The minimum atomic E-state index is -3.69. The summed E-state index contributed by atoms with van der Waals surface area (Å²) in [5.74, 6) is -0.354. The summed E-state index contributed by atoms with van der Waals surface area (Å²) in [7, 11) is 0.00527. The Kier molecular flexibility index (Phi) is 5.69. The molecule has 30 heavy (non-hydrogen) atoms. The third-order valence-electron chi connectivity index (χ3n) is 5.55. The summed E-state index contributed by atoms with van der Waals surface area (Å²) < 4.78 is 30.8. The van der Waals surface area contributed by atoms with Gasteiger partial charge in [0.25, 0.3) is 0 Å². The van der Waals surface area contributed by atoms with E-state index in [2.05, 4.69) is 16.6 Å². The van der Waals surface area contributed by atoms with Gasteiger partial charge in [-0.15, -0.1) is 15.7 Å². The van der Waals surface area contributed by atoms with Gasteiger partial charge in [0, 0.05) is 22.8 Å². The topological polar surface area (TPSA) is 101 Å². The van der Waals surface area contributed by atoms with E-state index >= 15 is 0 Å². The molecule has 2 heterocycles. The van der Waals surface area contributed by atoms with Crippen molar-refractivity contribution in [2.24, 2.45) is 9.50 Å². The highest BCUT2D eigenvalue weighted by molar-refractivity contribution is 7.93. The molecular weight excluding hydrogens is 425 g/mol. The maximum Gasteiger partial charge on any atom is 0.354 e. The molecule has 0 aliphatic heterocycles. The van der Waals surface area contributed by atoms with Crippen molar-refractivity contribution in [2.45, 2.75) is 55.7 Å². The lowest BCUT2D eigenvalue weighted by Crippen LogP contribution is -2.19. The van der Waals surface area contributed by atoms with E-state index in [1.807, 2.05) is 19.0 Å². The third kappa shape index (κ3) is 4.01. The molecule has 4 rings (SSSR count). The van der Waals surface area contributed by atoms with Gasteiger partial charge in [-0.2, -0.15) is 0 Å². The molecule has 162 valence electrons. The second-order valence-corrected chi connectivity index (χ2v) is 11.4. The summed E-state index contributed by atoms with van der Waals surface area (Å²) in [4.78, 5) is 20.1. The molecule has 2 aromatic heterocycles. The molecule has 3 N–H and O–H groups in total. The van der Waals surface area contributed by atoms with Gasteiger partial charge in [0.15, 0.2) is 19.9 Å². The van der Waals surface area contributed by atoms with Crippen molar-refractivity contribution in [2.75, 3.05) is 19.4 Å². The van der Waals surface area contributed by atoms with Crippen LogP contribution < -0.4 is 10.5 Å². The number of halogens is 1. The van der Waals surface area contributed by atoms with Crippen LogP contribution in [-0.2, 0) is 35.7 Å². The van der Waals surface area contributed by atoms with Crippen LogP contribution in [0, 0.1) is 5.82 Å². The van der Waals surface area contributed by atoms with Crippen LogP contribution in [-0.4, -0.2) is 34.2 Å². The van der Waals surface area contributed by atoms with Gasteiger partial charge < -0.3 is 10.2 Å². The monoisotopic (exact) mass is 451 g/mol. The normalized spacial score (nSPS) is 19.5. The first-order chi connectivity index (χ1) is 14.2. The van der Waals surface area contributed by atoms with Crippen LogP contribution in [0.4, 0.5) is 14.9 Å². The summed E-state index contributed by atoms with van der Waals surface area (Å²) in [6.07, 6.45) is 4.52. The Bertz CT molecular complexity index is 1130. The number of aromatic nitrogens is 1. The second kappa shape index (κ2) is 7.99. The van der Waals surface area contributed by atoms with E-state index in [4.69, 9.17) is 10.1 Å². The van der Waals surface area contributed by atoms with Gasteiger partial charge >= 0.3 is 6.03 Å². The number of nitrogens with two attached hydrogens (primary N) is 1. The number of carbonyl (C=O) groups is 1. The molecular formula is C20H26FN5O2S2. The minimum absolute atomic E-state index is 0.201. The Morgan fingerprint density at radius 3 is 2.90 bits per heavy atom. The highest BCUT2D eigenvalue weighted by atomic mass is 32.2. The summed E-state index contributed by atoms with van der Waals surface area (Å²) in [5.41, 5.74) is 4.85.